The van der Waals surface area contributed by atoms with E-state index in [1.165, 1.54) is 44.2 Å². The standard InChI is InChI=1S/C25H24F2O6/c1-15(2)24(29)32-13-17(12-31-14-28)9-19-6-5-18(10-22(19)26)21-8-7-20(11-23(21)27)33-25(30)16(3)4/h5-8,10-11,14,17H,1,3,9,12-13H2,2,4H3. The van der Waals surface area contributed by atoms with E-state index in [4.69, 9.17) is 14.2 Å². The van der Waals surface area contributed by atoms with Gasteiger partial charge in [-0.15, -0.1) is 0 Å². The highest BCUT2D eigenvalue weighted by Crippen LogP contribution is 2.28. The molecule has 0 N–H and O–H groups in total. The zero-order valence-corrected chi connectivity index (χ0v) is 18.4. The van der Waals surface area contributed by atoms with Crippen molar-refractivity contribution in [1.82, 2.24) is 0 Å². The number of carbonyl (C=O) groups is 3. The van der Waals surface area contributed by atoms with Crippen molar-refractivity contribution >= 4 is 18.4 Å². The lowest BCUT2D eigenvalue weighted by Gasteiger charge is -2.17. The Labute approximate surface area is 190 Å². The fourth-order valence-electron chi connectivity index (χ4n) is 2.84. The average molecular weight is 458 g/mol. The van der Waals surface area contributed by atoms with Crippen molar-refractivity contribution in [3.8, 4) is 16.9 Å². The third-order valence-electron chi connectivity index (χ3n) is 4.57. The highest BCUT2D eigenvalue weighted by molar-refractivity contribution is 5.89. The molecule has 0 bridgehead atoms. The van der Waals surface area contributed by atoms with Crippen LogP contribution in [0.25, 0.3) is 11.1 Å². The summed E-state index contributed by atoms with van der Waals surface area (Å²) in [5.41, 5.74) is 1.05. The summed E-state index contributed by atoms with van der Waals surface area (Å²) >= 11 is 0. The Morgan fingerprint density at radius 3 is 2.24 bits per heavy atom. The summed E-state index contributed by atoms with van der Waals surface area (Å²) in [4.78, 5) is 33.7. The molecule has 8 heteroatoms. The van der Waals surface area contributed by atoms with Gasteiger partial charge in [0.1, 0.15) is 17.4 Å². The minimum Gasteiger partial charge on any atom is -0.467 e. The van der Waals surface area contributed by atoms with E-state index in [2.05, 4.69) is 13.2 Å². The summed E-state index contributed by atoms with van der Waals surface area (Å²) in [6, 6.07) is 7.99. The summed E-state index contributed by atoms with van der Waals surface area (Å²) in [7, 11) is 0. The van der Waals surface area contributed by atoms with Gasteiger partial charge in [-0.2, -0.15) is 0 Å². The van der Waals surface area contributed by atoms with E-state index >= 15 is 0 Å². The summed E-state index contributed by atoms with van der Waals surface area (Å²) in [6.07, 6.45) is 0.113. The van der Waals surface area contributed by atoms with Crippen molar-refractivity contribution in [3.63, 3.8) is 0 Å². The first-order chi connectivity index (χ1) is 15.6. The number of ether oxygens (including phenoxy) is 3. The quantitative estimate of drug-likeness (QED) is 0.213. The van der Waals surface area contributed by atoms with Crippen LogP contribution in [0.3, 0.4) is 0 Å². The molecule has 0 saturated heterocycles. The van der Waals surface area contributed by atoms with Crippen molar-refractivity contribution in [1.29, 1.82) is 0 Å². The topological polar surface area (TPSA) is 78.9 Å². The summed E-state index contributed by atoms with van der Waals surface area (Å²) in [5, 5.41) is 0. The van der Waals surface area contributed by atoms with Crippen LogP contribution in [0.2, 0.25) is 0 Å². The molecule has 0 aromatic heterocycles. The molecule has 0 spiro atoms. The Balaban J connectivity index is 2.18. The van der Waals surface area contributed by atoms with Crippen molar-refractivity contribution in [2.75, 3.05) is 13.2 Å². The molecule has 2 aromatic rings. The molecule has 1 unspecified atom stereocenters. The van der Waals surface area contributed by atoms with Crippen LogP contribution in [-0.2, 0) is 30.3 Å². The van der Waals surface area contributed by atoms with Crippen molar-refractivity contribution in [2.45, 2.75) is 20.3 Å². The second-order valence-corrected chi connectivity index (χ2v) is 7.50. The Hall–Kier alpha value is -3.81. The van der Waals surface area contributed by atoms with Crippen LogP contribution in [0.4, 0.5) is 8.78 Å². The lowest BCUT2D eigenvalue weighted by molar-refractivity contribution is -0.141. The molecular weight excluding hydrogens is 434 g/mol. The number of benzene rings is 2. The number of esters is 2. The molecule has 0 amide bonds. The first-order valence-electron chi connectivity index (χ1n) is 9.96. The van der Waals surface area contributed by atoms with Crippen molar-refractivity contribution in [3.05, 3.63) is 77.9 Å². The summed E-state index contributed by atoms with van der Waals surface area (Å²) < 4.78 is 44.2. The van der Waals surface area contributed by atoms with Gasteiger partial charge in [-0.05, 0) is 49.6 Å². The molecule has 0 fully saturated rings. The lowest BCUT2D eigenvalue weighted by Crippen LogP contribution is -2.21. The maximum absolute atomic E-state index is 14.8. The van der Waals surface area contributed by atoms with E-state index in [0.29, 0.717) is 0 Å². The molecule has 0 heterocycles. The van der Waals surface area contributed by atoms with Crippen molar-refractivity contribution < 1.29 is 37.4 Å². The van der Waals surface area contributed by atoms with Gasteiger partial charge in [-0.25, -0.2) is 18.4 Å². The van der Waals surface area contributed by atoms with E-state index in [9.17, 15) is 23.2 Å². The Morgan fingerprint density at radius 2 is 1.67 bits per heavy atom. The summed E-state index contributed by atoms with van der Waals surface area (Å²) in [5.74, 6) is -3.07. The maximum atomic E-state index is 14.8. The van der Waals surface area contributed by atoms with Gasteiger partial charge in [-0.3, -0.25) is 4.79 Å². The van der Waals surface area contributed by atoms with Crippen LogP contribution in [0.15, 0.2) is 60.7 Å². The van der Waals surface area contributed by atoms with E-state index in [1.807, 2.05) is 0 Å². The normalized spacial score (nSPS) is 11.3. The van der Waals surface area contributed by atoms with E-state index in [1.54, 1.807) is 0 Å². The first-order valence-corrected chi connectivity index (χ1v) is 9.96. The van der Waals surface area contributed by atoms with Crippen LogP contribution in [0, 0.1) is 17.6 Å². The highest BCUT2D eigenvalue weighted by Gasteiger charge is 2.18. The predicted octanol–water partition coefficient (Wildman–Crippen LogP) is 4.56. The van der Waals surface area contributed by atoms with Crippen LogP contribution in [-0.4, -0.2) is 31.6 Å². The van der Waals surface area contributed by atoms with E-state index in [-0.39, 0.29) is 59.7 Å². The molecule has 2 rings (SSSR count). The van der Waals surface area contributed by atoms with Crippen molar-refractivity contribution in [2.24, 2.45) is 5.92 Å². The minimum atomic E-state index is -0.696. The zero-order chi connectivity index (χ0) is 24.5. The minimum absolute atomic E-state index is 0.00340. The number of rotatable bonds is 11. The molecule has 0 radical (unpaired) electrons. The molecule has 6 nitrogen and oxygen atoms in total. The van der Waals surface area contributed by atoms with Gasteiger partial charge < -0.3 is 14.2 Å². The van der Waals surface area contributed by atoms with Crippen LogP contribution >= 0.6 is 0 Å². The van der Waals surface area contributed by atoms with E-state index in [0.717, 1.165) is 6.07 Å². The van der Waals surface area contributed by atoms with Gasteiger partial charge in [0, 0.05) is 28.7 Å². The lowest BCUT2D eigenvalue weighted by atomic mass is 9.97. The van der Waals surface area contributed by atoms with Gasteiger partial charge in [-0.1, -0.05) is 25.3 Å². The van der Waals surface area contributed by atoms with Crippen LogP contribution in [0.1, 0.15) is 19.4 Å². The number of carbonyl (C=O) groups excluding carboxylic acids is 3. The molecule has 33 heavy (non-hydrogen) atoms. The Morgan fingerprint density at radius 1 is 0.970 bits per heavy atom. The number of halogens is 2. The Bertz CT molecular complexity index is 1080. The highest BCUT2D eigenvalue weighted by atomic mass is 19.1. The van der Waals surface area contributed by atoms with Gasteiger partial charge in [0.25, 0.3) is 6.47 Å². The van der Waals surface area contributed by atoms with Gasteiger partial charge in [0.05, 0.1) is 13.2 Å². The first kappa shape index (κ1) is 25.5. The molecule has 0 aliphatic heterocycles. The van der Waals surface area contributed by atoms with Crippen LogP contribution in [0.5, 0.6) is 5.75 Å². The number of hydrogen-bond acceptors (Lipinski definition) is 6. The second-order valence-electron chi connectivity index (χ2n) is 7.50. The monoisotopic (exact) mass is 458 g/mol. The molecule has 0 saturated carbocycles. The fraction of sp³-hybridized carbons (Fsp3) is 0.240. The SMILES string of the molecule is C=C(C)C(=O)OCC(COC=O)Cc1ccc(-c2ccc(OC(=O)C(=C)C)cc2F)cc1F. The molecule has 2 aromatic carbocycles. The van der Waals surface area contributed by atoms with Gasteiger partial charge >= 0.3 is 11.9 Å². The third-order valence-corrected chi connectivity index (χ3v) is 4.57. The third kappa shape index (κ3) is 7.38. The molecule has 0 aliphatic carbocycles. The largest absolute Gasteiger partial charge is 0.467 e. The molecular formula is C25H24F2O6. The number of hydrogen-bond donors (Lipinski definition) is 0. The fourth-order valence-corrected chi connectivity index (χ4v) is 2.84. The Kier molecular flexibility index (Phi) is 9.03. The average Bonchev–Trinajstić information content (AvgIpc) is 2.76. The van der Waals surface area contributed by atoms with E-state index < -0.39 is 29.5 Å². The van der Waals surface area contributed by atoms with Crippen LogP contribution < -0.4 is 4.74 Å². The summed E-state index contributed by atoms with van der Waals surface area (Å²) in [6.45, 7) is 9.99. The molecule has 174 valence electrons. The smallest absolute Gasteiger partial charge is 0.338 e. The molecule has 0 aliphatic rings. The zero-order valence-electron chi connectivity index (χ0n) is 18.4. The van der Waals surface area contributed by atoms with Gasteiger partial charge in [0.2, 0.25) is 0 Å². The molecule has 1 atom stereocenters. The predicted molar refractivity (Wildman–Crippen MR) is 117 cm³/mol. The maximum Gasteiger partial charge on any atom is 0.338 e. The second kappa shape index (κ2) is 11.7. The van der Waals surface area contributed by atoms with Gasteiger partial charge in [0.15, 0.2) is 0 Å².